The predicted molar refractivity (Wildman–Crippen MR) is 46.2 cm³/mol. The predicted octanol–water partition coefficient (Wildman–Crippen LogP) is 2.14. The molecule has 0 saturated heterocycles. The number of fused-ring (bicyclic) bond motifs is 1. The summed E-state index contributed by atoms with van der Waals surface area (Å²) in [6.07, 6.45) is 5.07. The number of rotatable bonds is 1. The number of hydrogen-bond donors (Lipinski definition) is 0. The van der Waals surface area contributed by atoms with Crippen molar-refractivity contribution in [3.63, 3.8) is 0 Å². The molecule has 0 spiro atoms. The first-order chi connectivity index (χ1) is 5.90. The fraction of sp³-hybridized carbons (Fsp3) is 0.300. The van der Waals surface area contributed by atoms with E-state index in [4.69, 9.17) is 0 Å². The molecule has 1 aromatic carbocycles. The summed E-state index contributed by atoms with van der Waals surface area (Å²) >= 11 is 0. The van der Waals surface area contributed by atoms with Gasteiger partial charge in [0.25, 0.3) is 0 Å². The Morgan fingerprint density at radius 1 is 1.25 bits per heavy atom. The van der Waals surface area contributed by atoms with E-state index in [2.05, 4.69) is 11.1 Å². The Labute approximate surface area is 70.9 Å². The van der Waals surface area contributed by atoms with Gasteiger partial charge in [-0.15, -0.1) is 0 Å². The summed E-state index contributed by atoms with van der Waals surface area (Å²) in [6.45, 7) is 0. The Kier molecular flexibility index (Phi) is 1.77. The summed E-state index contributed by atoms with van der Waals surface area (Å²) in [7, 11) is 0. The number of nitrogens with zero attached hydrogens (tertiary/aromatic N) is 1. The normalized spacial score (nSPS) is 13.7. The van der Waals surface area contributed by atoms with Crippen molar-refractivity contribution in [2.45, 2.75) is 19.3 Å². The summed E-state index contributed by atoms with van der Waals surface area (Å²) in [4.78, 5) is 13.6. The van der Waals surface area contributed by atoms with Gasteiger partial charge < -0.3 is 0 Å². The number of isocyanates is 1. The molecule has 0 radical (unpaired) electrons. The van der Waals surface area contributed by atoms with Crippen LogP contribution in [0.2, 0.25) is 0 Å². The van der Waals surface area contributed by atoms with Crippen LogP contribution in [0.15, 0.2) is 23.2 Å². The van der Waals surface area contributed by atoms with Crippen LogP contribution < -0.4 is 0 Å². The van der Waals surface area contributed by atoms with Crippen LogP contribution in [0.5, 0.6) is 0 Å². The van der Waals surface area contributed by atoms with Gasteiger partial charge >= 0.3 is 0 Å². The molecule has 0 amide bonds. The van der Waals surface area contributed by atoms with Crippen molar-refractivity contribution < 1.29 is 4.79 Å². The monoisotopic (exact) mass is 159 g/mol. The van der Waals surface area contributed by atoms with E-state index < -0.39 is 0 Å². The van der Waals surface area contributed by atoms with E-state index in [0.717, 1.165) is 12.1 Å². The topological polar surface area (TPSA) is 29.4 Å². The Balaban J connectivity index is 2.45. The first kappa shape index (κ1) is 7.26. The van der Waals surface area contributed by atoms with Crippen LogP contribution in [0.1, 0.15) is 17.5 Å². The largest absolute Gasteiger partial charge is 0.240 e. The second-order valence-electron chi connectivity index (χ2n) is 3.01. The Morgan fingerprint density at radius 3 is 2.92 bits per heavy atom. The molecule has 12 heavy (non-hydrogen) atoms. The van der Waals surface area contributed by atoms with Gasteiger partial charge in [0.1, 0.15) is 0 Å². The molecule has 2 rings (SSSR count). The summed E-state index contributed by atoms with van der Waals surface area (Å²) in [5.41, 5.74) is 3.47. The van der Waals surface area contributed by atoms with Crippen molar-refractivity contribution >= 4 is 11.8 Å². The lowest BCUT2D eigenvalue weighted by molar-refractivity contribution is 0.565. The van der Waals surface area contributed by atoms with Crippen molar-refractivity contribution in [2.24, 2.45) is 4.99 Å². The van der Waals surface area contributed by atoms with Gasteiger partial charge in [0.2, 0.25) is 6.08 Å². The fourth-order valence-corrected chi connectivity index (χ4v) is 1.68. The first-order valence-corrected chi connectivity index (χ1v) is 4.10. The number of carbonyl (C=O) groups excluding carboxylic acids is 1. The minimum absolute atomic E-state index is 0.727. The molecule has 2 nitrogen and oxygen atoms in total. The molecular formula is C10H9NO. The maximum Gasteiger partial charge on any atom is 0.240 e. The molecule has 0 unspecified atom stereocenters. The minimum atomic E-state index is 0.727. The van der Waals surface area contributed by atoms with Crippen LogP contribution in [0.4, 0.5) is 5.69 Å². The van der Waals surface area contributed by atoms with Crippen molar-refractivity contribution in [1.82, 2.24) is 0 Å². The van der Waals surface area contributed by atoms with E-state index in [0.29, 0.717) is 0 Å². The lowest BCUT2D eigenvalue weighted by atomic mass is 10.1. The first-order valence-electron chi connectivity index (χ1n) is 4.10. The molecule has 2 heteroatoms. The van der Waals surface area contributed by atoms with Gasteiger partial charge in [-0.3, -0.25) is 0 Å². The highest BCUT2D eigenvalue weighted by Gasteiger charge is 2.09. The van der Waals surface area contributed by atoms with E-state index in [-0.39, 0.29) is 0 Å². The van der Waals surface area contributed by atoms with E-state index in [1.165, 1.54) is 24.0 Å². The third-order valence-electron chi connectivity index (χ3n) is 2.26. The third-order valence-corrected chi connectivity index (χ3v) is 2.26. The highest BCUT2D eigenvalue weighted by molar-refractivity contribution is 5.52. The summed E-state index contributed by atoms with van der Waals surface area (Å²) in [6, 6.07) is 5.90. The van der Waals surface area contributed by atoms with Gasteiger partial charge in [0.05, 0.1) is 5.69 Å². The molecule has 0 atom stereocenters. The molecule has 0 bridgehead atoms. The van der Waals surface area contributed by atoms with Gasteiger partial charge in [-0.1, -0.05) is 6.07 Å². The standard InChI is InChI=1S/C10H9NO/c12-7-11-10-5-4-8-2-1-3-9(8)6-10/h4-6H,1-3H2. The molecule has 0 aromatic heterocycles. The van der Waals surface area contributed by atoms with Crippen LogP contribution in [-0.2, 0) is 17.6 Å². The van der Waals surface area contributed by atoms with Gasteiger partial charge in [-0.25, -0.2) is 4.79 Å². The second kappa shape index (κ2) is 2.92. The molecule has 0 fully saturated rings. The average molecular weight is 159 g/mol. The van der Waals surface area contributed by atoms with Crippen LogP contribution in [0, 0.1) is 0 Å². The Hall–Kier alpha value is -1.40. The van der Waals surface area contributed by atoms with Crippen LogP contribution >= 0.6 is 0 Å². The average Bonchev–Trinajstić information content (AvgIpc) is 2.51. The number of aliphatic imine (C=N–C) groups is 1. The highest BCUT2D eigenvalue weighted by Crippen LogP contribution is 2.25. The van der Waals surface area contributed by atoms with E-state index in [1.54, 1.807) is 6.08 Å². The molecule has 0 saturated carbocycles. The zero-order valence-electron chi connectivity index (χ0n) is 6.71. The molecule has 0 heterocycles. The fourth-order valence-electron chi connectivity index (χ4n) is 1.68. The third kappa shape index (κ3) is 1.17. The zero-order valence-corrected chi connectivity index (χ0v) is 6.71. The highest BCUT2D eigenvalue weighted by atomic mass is 16.1. The Morgan fingerprint density at radius 2 is 2.08 bits per heavy atom. The molecule has 60 valence electrons. The van der Waals surface area contributed by atoms with Gasteiger partial charge in [-0.05, 0) is 42.5 Å². The molecule has 0 aliphatic heterocycles. The number of aryl methyl sites for hydroxylation is 2. The zero-order chi connectivity index (χ0) is 8.39. The summed E-state index contributed by atoms with van der Waals surface area (Å²) in [5, 5.41) is 0. The van der Waals surface area contributed by atoms with E-state index in [1.807, 2.05) is 12.1 Å². The Bertz CT molecular complexity index is 351. The molecule has 1 aliphatic carbocycles. The van der Waals surface area contributed by atoms with Crippen molar-refractivity contribution in [3.05, 3.63) is 29.3 Å². The van der Waals surface area contributed by atoms with Crippen molar-refractivity contribution in [1.29, 1.82) is 0 Å². The quantitative estimate of drug-likeness (QED) is 0.456. The van der Waals surface area contributed by atoms with Gasteiger partial charge in [0.15, 0.2) is 0 Å². The van der Waals surface area contributed by atoms with Crippen molar-refractivity contribution in [2.75, 3.05) is 0 Å². The smallest absolute Gasteiger partial charge is 0.211 e. The van der Waals surface area contributed by atoms with Gasteiger partial charge in [-0.2, -0.15) is 4.99 Å². The molecule has 0 N–H and O–H groups in total. The summed E-state index contributed by atoms with van der Waals surface area (Å²) in [5.74, 6) is 0. The maximum atomic E-state index is 9.98. The van der Waals surface area contributed by atoms with Crippen LogP contribution in [-0.4, -0.2) is 6.08 Å². The SMILES string of the molecule is O=C=Nc1ccc2c(c1)CCC2. The molecule has 1 aliphatic rings. The van der Waals surface area contributed by atoms with Gasteiger partial charge in [0, 0.05) is 0 Å². The van der Waals surface area contributed by atoms with Crippen LogP contribution in [0.25, 0.3) is 0 Å². The summed E-state index contributed by atoms with van der Waals surface area (Å²) < 4.78 is 0. The van der Waals surface area contributed by atoms with E-state index >= 15 is 0 Å². The van der Waals surface area contributed by atoms with E-state index in [9.17, 15) is 4.79 Å². The lowest BCUT2D eigenvalue weighted by Gasteiger charge is -1.97. The van der Waals surface area contributed by atoms with Crippen molar-refractivity contribution in [3.8, 4) is 0 Å². The second-order valence-corrected chi connectivity index (χ2v) is 3.01. The number of benzene rings is 1. The number of hydrogen-bond acceptors (Lipinski definition) is 2. The minimum Gasteiger partial charge on any atom is -0.211 e. The lowest BCUT2D eigenvalue weighted by Crippen LogP contribution is -1.79. The van der Waals surface area contributed by atoms with Crippen LogP contribution in [0.3, 0.4) is 0 Å². The molecular weight excluding hydrogens is 150 g/mol. The maximum absolute atomic E-state index is 9.98. The molecule has 1 aromatic rings.